The van der Waals surface area contributed by atoms with E-state index in [0.717, 1.165) is 35.9 Å². The molecular weight excluding hydrogens is 386 g/mol. The van der Waals surface area contributed by atoms with Crippen LogP contribution in [0, 0.1) is 6.92 Å². The van der Waals surface area contributed by atoms with Gasteiger partial charge in [0.1, 0.15) is 17.4 Å². The molecule has 150 valence electrons. The number of pyridine rings is 1. The molecule has 1 aliphatic rings. The van der Waals surface area contributed by atoms with Crippen LogP contribution in [0.25, 0.3) is 0 Å². The molecule has 1 aromatic carbocycles. The number of carbonyl (C=O) groups excluding carboxylic acids is 1. The van der Waals surface area contributed by atoms with E-state index in [9.17, 15) is 4.79 Å². The first kappa shape index (κ1) is 19.3. The number of amides is 1. The van der Waals surface area contributed by atoms with Gasteiger partial charge in [-0.25, -0.2) is 14.8 Å². The van der Waals surface area contributed by atoms with Gasteiger partial charge in [-0.2, -0.15) is 12.6 Å². The lowest BCUT2D eigenvalue weighted by Crippen LogP contribution is -2.49. The predicted octanol–water partition coefficient (Wildman–Crippen LogP) is 3.45. The van der Waals surface area contributed by atoms with Gasteiger partial charge in [0.15, 0.2) is 0 Å². The van der Waals surface area contributed by atoms with Gasteiger partial charge in [0, 0.05) is 44.8 Å². The van der Waals surface area contributed by atoms with Gasteiger partial charge in [-0.3, -0.25) is 0 Å². The summed E-state index contributed by atoms with van der Waals surface area (Å²) >= 11 is 4.59. The Morgan fingerprint density at radius 1 is 1.10 bits per heavy atom. The Labute approximate surface area is 175 Å². The molecule has 1 amide bonds. The summed E-state index contributed by atoms with van der Waals surface area (Å²) in [6, 6.07) is 11.4. The lowest BCUT2D eigenvalue weighted by Gasteiger charge is -2.34. The van der Waals surface area contributed by atoms with Crippen LogP contribution in [0.5, 0.6) is 5.75 Å². The number of thiol groups is 1. The normalized spacial score (nSPS) is 15.2. The average Bonchev–Trinajstić information content (AvgIpc) is 3.29. The zero-order valence-corrected chi connectivity index (χ0v) is 17.0. The number of benzene rings is 1. The molecule has 4 rings (SSSR count). The van der Waals surface area contributed by atoms with Crippen molar-refractivity contribution in [3.8, 4) is 5.75 Å². The molecule has 2 aromatic heterocycles. The Morgan fingerprint density at radius 3 is 2.48 bits per heavy atom. The van der Waals surface area contributed by atoms with Crippen molar-refractivity contribution in [1.82, 2.24) is 19.9 Å². The third-order valence-electron chi connectivity index (χ3n) is 4.94. The molecule has 0 radical (unpaired) electrons. The molecule has 3 heterocycles. The molecular formula is C21H23N5O2S. The van der Waals surface area contributed by atoms with Gasteiger partial charge in [-0.15, -0.1) is 0 Å². The molecule has 29 heavy (non-hydrogen) atoms. The van der Waals surface area contributed by atoms with Gasteiger partial charge in [0.05, 0.1) is 5.25 Å². The van der Waals surface area contributed by atoms with E-state index in [0.29, 0.717) is 18.8 Å². The van der Waals surface area contributed by atoms with Crippen molar-refractivity contribution in [2.45, 2.75) is 12.2 Å². The predicted molar refractivity (Wildman–Crippen MR) is 115 cm³/mol. The van der Waals surface area contributed by atoms with E-state index in [1.165, 1.54) is 0 Å². The minimum absolute atomic E-state index is 0.154. The van der Waals surface area contributed by atoms with E-state index in [2.05, 4.69) is 32.5 Å². The monoisotopic (exact) mass is 409 g/mol. The average molecular weight is 410 g/mol. The molecule has 3 aromatic rings. The van der Waals surface area contributed by atoms with E-state index in [4.69, 9.17) is 4.74 Å². The Bertz CT molecular complexity index is 936. The van der Waals surface area contributed by atoms with E-state index in [-0.39, 0.29) is 11.3 Å². The fraction of sp³-hybridized carbons (Fsp3) is 0.286. The summed E-state index contributed by atoms with van der Waals surface area (Å²) in [5, 5.41) is -0.154. The summed E-state index contributed by atoms with van der Waals surface area (Å²) in [4.78, 5) is 28.1. The van der Waals surface area contributed by atoms with Gasteiger partial charge in [0.2, 0.25) is 0 Å². The molecule has 0 spiro atoms. The van der Waals surface area contributed by atoms with Crippen molar-refractivity contribution < 1.29 is 9.53 Å². The number of imidazole rings is 1. The summed E-state index contributed by atoms with van der Waals surface area (Å²) in [7, 11) is 0. The highest BCUT2D eigenvalue weighted by atomic mass is 32.1. The van der Waals surface area contributed by atoms with Gasteiger partial charge < -0.3 is 19.5 Å². The number of rotatable bonds is 4. The number of nitrogens with zero attached hydrogens (tertiary/aromatic N) is 4. The van der Waals surface area contributed by atoms with Crippen LogP contribution in [0.2, 0.25) is 0 Å². The maximum Gasteiger partial charge on any atom is 0.415 e. The van der Waals surface area contributed by atoms with E-state index in [1.54, 1.807) is 29.4 Å². The Morgan fingerprint density at radius 2 is 1.86 bits per heavy atom. The van der Waals surface area contributed by atoms with E-state index in [1.807, 2.05) is 37.4 Å². The molecule has 8 heteroatoms. The molecule has 0 saturated carbocycles. The topological polar surface area (TPSA) is 74.3 Å². The summed E-state index contributed by atoms with van der Waals surface area (Å²) < 4.78 is 5.54. The second-order valence-corrected chi connectivity index (χ2v) is 7.50. The van der Waals surface area contributed by atoms with Gasteiger partial charge in [-0.1, -0.05) is 18.2 Å². The number of ether oxygens (including phenoxy) is 1. The van der Waals surface area contributed by atoms with E-state index >= 15 is 0 Å². The first-order valence-corrected chi connectivity index (χ1v) is 10.0. The number of anilines is 1. The number of H-pyrrole nitrogens is 1. The number of aromatic amines is 1. The van der Waals surface area contributed by atoms with Crippen molar-refractivity contribution in [3.63, 3.8) is 0 Å². The Balaban J connectivity index is 1.31. The van der Waals surface area contributed by atoms with Crippen molar-refractivity contribution >= 4 is 24.5 Å². The van der Waals surface area contributed by atoms with Crippen molar-refractivity contribution in [2.75, 3.05) is 31.1 Å². The minimum Gasteiger partial charge on any atom is -0.410 e. The molecule has 1 aliphatic heterocycles. The summed E-state index contributed by atoms with van der Waals surface area (Å²) in [6.07, 6.45) is 5.00. The highest BCUT2D eigenvalue weighted by Gasteiger charge is 2.23. The van der Waals surface area contributed by atoms with Crippen LogP contribution in [-0.2, 0) is 0 Å². The van der Waals surface area contributed by atoms with Crippen LogP contribution in [-0.4, -0.2) is 52.1 Å². The highest BCUT2D eigenvalue weighted by molar-refractivity contribution is 7.80. The zero-order chi connectivity index (χ0) is 20.2. The summed E-state index contributed by atoms with van der Waals surface area (Å²) in [5.41, 5.74) is 2.11. The van der Waals surface area contributed by atoms with Crippen molar-refractivity contribution in [3.05, 3.63) is 71.9 Å². The Hall–Kier alpha value is -3.00. The number of nitrogens with one attached hydrogen (secondary N) is 1. The summed E-state index contributed by atoms with van der Waals surface area (Å²) in [6.45, 7) is 4.68. The van der Waals surface area contributed by atoms with Crippen LogP contribution in [0.4, 0.5) is 10.6 Å². The number of hydrogen-bond donors (Lipinski definition) is 2. The number of aryl methyl sites for hydroxylation is 1. The van der Waals surface area contributed by atoms with Crippen molar-refractivity contribution in [2.24, 2.45) is 0 Å². The maximum atomic E-state index is 12.5. The lowest BCUT2D eigenvalue weighted by molar-refractivity contribution is 0.149. The number of piperazine rings is 1. The lowest BCUT2D eigenvalue weighted by atomic mass is 10.1. The maximum absolute atomic E-state index is 12.5. The smallest absolute Gasteiger partial charge is 0.410 e. The standard InChI is InChI=1S/C21H23N5O2S/c1-15-2-7-18(24-14-15)25-10-12-26(13-11-25)21(27)28-17-5-3-16(4-6-17)19(29)20-22-8-9-23-20/h2-9,14,19,29H,10-13H2,1H3,(H,22,23). The quantitative estimate of drug-likeness (QED) is 0.646. The van der Waals surface area contributed by atoms with E-state index < -0.39 is 0 Å². The third kappa shape index (κ3) is 4.54. The SMILES string of the molecule is Cc1ccc(N2CCN(C(=O)Oc3ccc(C(S)c4ncc[nH]4)cc3)CC2)nc1. The van der Waals surface area contributed by atoms with Crippen LogP contribution >= 0.6 is 12.6 Å². The fourth-order valence-corrected chi connectivity index (χ4v) is 3.55. The molecule has 7 nitrogen and oxygen atoms in total. The second-order valence-electron chi connectivity index (χ2n) is 6.98. The van der Waals surface area contributed by atoms with Gasteiger partial charge in [-0.05, 0) is 36.2 Å². The van der Waals surface area contributed by atoms with Crippen molar-refractivity contribution in [1.29, 1.82) is 0 Å². The molecule has 1 saturated heterocycles. The van der Waals surface area contributed by atoms with Crippen LogP contribution in [0.1, 0.15) is 22.2 Å². The fourth-order valence-electron chi connectivity index (χ4n) is 3.23. The number of aromatic nitrogens is 3. The van der Waals surface area contributed by atoms with Crippen LogP contribution < -0.4 is 9.64 Å². The van der Waals surface area contributed by atoms with Crippen LogP contribution in [0.15, 0.2) is 55.0 Å². The van der Waals surface area contributed by atoms with Gasteiger partial charge >= 0.3 is 6.09 Å². The molecule has 0 bridgehead atoms. The second kappa shape index (κ2) is 8.57. The largest absolute Gasteiger partial charge is 0.415 e. The molecule has 1 atom stereocenters. The molecule has 0 aliphatic carbocycles. The summed E-state index contributed by atoms with van der Waals surface area (Å²) in [5.74, 6) is 2.23. The number of hydrogen-bond acceptors (Lipinski definition) is 6. The number of carbonyl (C=O) groups is 1. The highest BCUT2D eigenvalue weighted by Crippen LogP contribution is 2.27. The molecule has 1 N–H and O–H groups in total. The first-order valence-electron chi connectivity index (χ1n) is 9.52. The van der Waals surface area contributed by atoms with Crippen LogP contribution in [0.3, 0.4) is 0 Å². The minimum atomic E-state index is -0.331. The third-order valence-corrected chi connectivity index (χ3v) is 5.48. The van der Waals surface area contributed by atoms with Gasteiger partial charge in [0.25, 0.3) is 0 Å². The first-order chi connectivity index (χ1) is 14.1. The molecule has 1 fully saturated rings. The zero-order valence-electron chi connectivity index (χ0n) is 16.2. The molecule has 1 unspecified atom stereocenters. The Kier molecular flexibility index (Phi) is 5.71.